The van der Waals surface area contributed by atoms with Crippen molar-refractivity contribution in [2.75, 3.05) is 13.6 Å². The van der Waals surface area contributed by atoms with Gasteiger partial charge in [-0.05, 0) is 33.0 Å². The summed E-state index contributed by atoms with van der Waals surface area (Å²) in [5.41, 5.74) is 0.948. The van der Waals surface area contributed by atoms with Crippen molar-refractivity contribution >= 4 is 5.97 Å². The molecule has 1 aromatic heterocycles. The fourth-order valence-corrected chi connectivity index (χ4v) is 1.53. The van der Waals surface area contributed by atoms with Gasteiger partial charge in [0.05, 0.1) is 0 Å². The Bertz CT molecular complexity index is 344. The van der Waals surface area contributed by atoms with E-state index in [1.807, 2.05) is 7.05 Å². The first kappa shape index (κ1) is 11.8. The molecule has 0 amide bonds. The van der Waals surface area contributed by atoms with Gasteiger partial charge in [-0.25, -0.2) is 4.79 Å². The van der Waals surface area contributed by atoms with Crippen molar-refractivity contribution in [3.8, 4) is 0 Å². The van der Waals surface area contributed by atoms with Crippen molar-refractivity contribution in [2.24, 2.45) is 0 Å². The maximum Gasteiger partial charge on any atom is 0.371 e. The summed E-state index contributed by atoms with van der Waals surface area (Å²) in [5, 5.41) is 8.75. The van der Waals surface area contributed by atoms with Crippen LogP contribution in [-0.4, -0.2) is 29.6 Å². The van der Waals surface area contributed by atoms with E-state index in [1.165, 1.54) is 0 Å². The van der Waals surface area contributed by atoms with Gasteiger partial charge in [-0.3, -0.25) is 0 Å². The van der Waals surface area contributed by atoms with E-state index < -0.39 is 5.97 Å². The molecule has 0 fully saturated rings. The van der Waals surface area contributed by atoms with E-state index in [1.54, 1.807) is 13.0 Å². The zero-order valence-corrected chi connectivity index (χ0v) is 9.41. The summed E-state index contributed by atoms with van der Waals surface area (Å²) in [4.78, 5) is 12.8. The van der Waals surface area contributed by atoms with Gasteiger partial charge in [0.2, 0.25) is 5.76 Å². The van der Waals surface area contributed by atoms with E-state index in [2.05, 4.69) is 11.8 Å². The van der Waals surface area contributed by atoms with E-state index in [-0.39, 0.29) is 5.76 Å². The summed E-state index contributed by atoms with van der Waals surface area (Å²) in [7, 11) is 2.01. The highest BCUT2D eigenvalue weighted by Crippen LogP contribution is 2.16. The van der Waals surface area contributed by atoms with E-state index in [0.717, 1.165) is 25.1 Å². The first-order valence-electron chi connectivity index (χ1n) is 5.05. The van der Waals surface area contributed by atoms with Crippen LogP contribution in [0.3, 0.4) is 0 Å². The summed E-state index contributed by atoms with van der Waals surface area (Å²) in [6, 6.07) is 1.60. The first-order valence-corrected chi connectivity index (χ1v) is 5.05. The molecule has 0 radical (unpaired) electrons. The molecule has 4 nitrogen and oxygen atoms in total. The second-order valence-electron chi connectivity index (χ2n) is 3.74. The Kier molecular flexibility index (Phi) is 3.91. The Morgan fingerprint density at radius 1 is 1.60 bits per heavy atom. The molecule has 15 heavy (non-hydrogen) atoms. The molecule has 0 saturated heterocycles. The second kappa shape index (κ2) is 4.98. The van der Waals surface area contributed by atoms with Crippen LogP contribution in [0, 0.1) is 6.92 Å². The van der Waals surface area contributed by atoms with Crippen molar-refractivity contribution in [1.82, 2.24) is 4.90 Å². The quantitative estimate of drug-likeness (QED) is 0.810. The molecule has 0 aliphatic rings. The third-order valence-electron chi connectivity index (χ3n) is 2.28. The topological polar surface area (TPSA) is 53.7 Å². The third-order valence-corrected chi connectivity index (χ3v) is 2.28. The molecule has 0 atom stereocenters. The second-order valence-corrected chi connectivity index (χ2v) is 3.74. The van der Waals surface area contributed by atoms with Crippen LogP contribution in [0.25, 0.3) is 0 Å². The van der Waals surface area contributed by atoms with Crippen LogP contribution in [0.4, 0.5) is 0 Å². The number of hydrogen-bond donors (Lipinski definition) is 1. The van der Waals surface area contributed by atoms with Gasteiger partial charge in [0.1, 0.15) is 5.76 Å². The molecule has 0 aliphatic heterocycles. The molecule has 1 N–H and O–H groups in total. The number of carbonyl (C=O) groups is 1. The Balaban J connectivity index is 2.72. The van der Waals surface area contributed by atoms with Crippen molar-refractivity contribution in [2.45, 2.75) is 26.8 Å². The molecule has 1 rings (SSSR count). The van der Waals surface area contributed by atoms with Gasteiger partial charge < -0.3 is 14.4 Å². The maximum absolute atomic E-state index is 10.7. The Hall–Kier alpha value is -1.29. The average molecular weight is 211 g/mol. The van der Waals surface area contributed by atoms with Crippen molar-refractivity contribution in [3.63, 3.8) is 0 Å². The molecule has 4 heteroatoms. The van der Waals surface area contributed by atoms with Crippen LogP contribution in [0.2, 0.25) is 0 Å². The highest BCUT2D eigenvalue weighted by molar-refractivity contribution is 5.84. The van der Waals surface area contributed by atoms with Crippen LogP contribution in [0.15, 0.2) is 10.5 Å². The molecule has 0 bridgehead atoms. The number of aryl methyl sites for hydroxylation is 1. The molecular weight excluding hydrogens is 194 g/mol. The van der Waals surface area contributed by atoms with Crippen LogP contribution in [0.5, 0.6) is 0 Å². The largest absolute Gasteiger partial charge is 0.475 e. The highest BCUT2D eigenvalue weighted by Gasteiger charge is 2.13. The van der Waals surface area contributed by atoms with Gasteiger partial charge in [-0.1, -0.05) is 6.92 Å². The third kappa shape index (κ3) is 3.09. The Labute approximate surface area is 89.5 Å². The molecule has 0 unspecified atom stereocenters. The average Bonchev–Trinajstić information content (AvgIpc) is 2.48. The maximum atomic E-state index is 10.7. The summed E-state index contributed by atoms with van der Waals surface area (Å²) in [5.74, 6) is -0.301. The lowest BCUT2D eigenvalue weighted by molar-refractivity contribution is 0.0661. The number of aromatic carboxylic acids is 1. The Morgan fingerprint density at radius 2 is 2.27 bits per heavy atom. The first-order chi connectivity index (χ1) is 7.04. The van der Waals surface area contributed by atoms with Crippen LogP contribution in [0.1, 0.15) is 35.2 Å². The SMILES string of the molecule is CCCN(C)Cc1cc(C(=O)O)oc1C. The molecule has 0 spiro atoms. The van der Waals surface area contributed by atoms with Crippen LogP contribution < -0.4 is 0 Å². The molecular formula is C11H17NO3. The summed E-state index contributed by atoms with van der Waals surface area (Å²) in [6.07, 6.45) is 1.08. The van der Waals surface area contributed by atoms with Gasteiger partial charge in [0, 0.05) is 12.1 Å². The van der Waals surface area contributed by atoms with Gasteiger partial charge in [0.15, 0.2) is 0 Å². The Morgan fingerprint density at radius 3 is 2.73 bits per heavy atom. The number of rotatable bonds is 5. The number of carboxylic acid groups (broad SMARTS) is 1. The number of hydrogen-bond acceptors (Lipinski definition) is 3. The van der Waals surface area contributed by atoms with Crippen LogP contribution >= 0.6 is 0 Å². The zero-order valence-electron chi connectivity index (χ0n) is 9.41. The van der Waals surface area contributed by atoms with E-state index in [4.69, 9.17) is 9.52 Å². The number of nitrogens with zero attached hydrogens (tertiary/aromatic N) is 1. The molecule has 84 valence electrons. The van der Waals surface area contributed by atoms with E-state index in [9.17, 15) is 4.79 Å². The normalized spacial score (nSPS) is 10.9. The molecule has 1 heterocycles. The van der Waals surface area contributed by atoms with Crippen molar-refractivity contribution in [1.29, 1.82) is 0 Å². The minimum absolute atomic E-state index is 0.0207. The monoisotopic (exact) mass is 211 g/mol. The predicted octanol–water partition coefficient (Wildman–Crippen LogP) is 2.13. The minimum atomic E-state index is -1.01. The van der Waals surface area contributed by atoms with E-state index in [0.29, 0.717) is 5.76 Å². The lowest BCUT2D eigenvalue weighted by Crippen LogP contribution is -2.18. The van der Waals surface area contributed by atoms with Crippen molar-refractivity contribution in [3.05, 3.63) is 23.2 Å². The van der Waals surface area contributed by atoms with Gasteiger partial charge in [-0.2, -0.15) is 0 Å². The van der Waals surface area contributed by atoms with Gasteiger partial charge in [0.25, 0.3) is 0 Å². The van der Waals surface area contributed by atoms with Gasteiger partial charge in [-0.15, -0.1) is 0 Å². The molecule has 1 aromatic rings. The lowest BCUT2D eigenvalue weighted by atomic mass is 10.2. The summed E-state index contributed by atoms with van der Waals surface area (Å²) >= 11 is 0. The van der Waals surface area contributed by atoms with Crippen molar-refractivity contribution < 1.29 is 14.3 Å². The molecule has 0 aliphatic carbocycles. The smallest absolute Gasteiger partial charge is 0.371 e. The molecule has 0 aromatic carbocycles. The summed E-state index contributed by atoms with van der Waals surface area (Å²) < 4.78 is 5.13. The number of carboxylic acids is 1. The zero-order chi connectivity index (χ0) is 11.4. The summed E-state index contributed by atoms with van der Waals surface area (Å²) in [6.45, 7) is 5.63. The van der Waals surface area contributed by atoms with E-state index >= 15 is 0 Å². The molecule has 0 saturated carbocycles. The number of furan rings is 1. The lowest BCUT2D eigenvalue weighted by Gasteiger charge is -2.14. The van der Waals surface area contributed by atoms with Gasteiger partial charge >= 0.3 is 5.97 Å². The standard InChI is InChI=1S/C11H17NO3/c1-4-5-12(3)7-9-6-10(11(13)14)15-8(9)2/h6H,4-5,7H2,1-3H3,(H,13,14). The predicted molar refractivity (Wildman–Crippen MR) is 57.0 cm³/mol. The fraction of sp³-hybridized carbons (Fsp3) is 0.545. The van der Waals surface area contributed by atoms with Crippen LogP contribution in [-0.2, 0) is 6.54 Å². The fourth-order valence-electron chi connectivity index (χ4n) is 1.53. The minimum Gasteiger partial charge on any atom is -0.475 e. The highest BCUT2D eigenvalue weighted by atomic mass is 16.4.